The van der Waals surface area contributed by atoms with Gasteiger partial charge in [0.05, 0.1) is 17.9 Å². The third kappa shape index (κ3) is 3.98. The van der Waals surface area contributed by atoms with Crippen LogP contribution in [0.15, 0.2) is 10.6 Å². The molecule has 0 aliphatic carbocycles. The van der Waals surface area contributed by atoms with Crippen molar-refractivity contribution in [2.75, 3.05) is 25.1 Å². The van der Waals surface area contributed by atoms with Crippen LogP contribution in [-0.2, 0) is 4.79 Å². The van der Waals surface area contributed by atoms with Gasteiger partial charge in [-0.05, 0) is 19.6 Å². The fraction of sp³-hybridized carbons (Fsp3) is 0.615. The van der Waals surface area contributed by atoms with Crippen molar-refractivity contribution < 1.29 is 19.2 Å². The molecule has 21 heavy (non-hydrogen) atoms. The highest BCUT2D eigenvalue weighted by atomic mass is 32.2. The van der Waals surface area contributed by atoms with Crippen LogP contribution in [0.25, 0.3) is 0 Å². The molecule has 1 aliphatic heterocycles. The van der Waals surface area contributed by atoms with Crippen molar-refractivity contribution in [1.29, 1.82) is 0 Å². The number of aliphatic hydroxyl groups is 1. The molecule has 0 spiro atoms. The molecule has 8 heteroatoms. The van der Waals surface area contributed by atoms with Gasteiger partial charge >= 0.3 is 0 Å². The predicted octanol–water partition coefficient (Wildman–Crippen LogP) is 0.0376. The highest BCUT2D eigenvalue weighted by Crippen LogP contribution is 2.13. The molecule has 7 nitrogen and oxygen atoms in total. The number of thioether (sulfide) groups is 1. The second kappa shape index (κ2) is 6.95. The molecule has 2 rings (SSSR count). The van der Waals surface area contributed by atoms with E-state index < -0.39 is 6.10 Å². The number of hydrogen-bond acceptors (Lipinski definition) is 6. The van der Waals surface area contributed by atoms with E-state index in [1.807, 2.05) is 6.26 Å². The fourth-order valence-electron chi connectivity index (χ4n) is 2.26. The summed E-state index contributed by atoms with van der Waals surface area (Å²) in [6, 6.07) is 1.16. The van der Waals surface area contributed by atoms with Gasteiger partial charge in [0, 0.05) is 19.2 Å². The van der Waals surface area contributed by atoms with Crippen molar-refractivity contribution >= 4 is 23.6 Å². The number of hydrogen-bond donors (Lipinski definition) is 2. The van der Waals surface area contributed by atoms with Crippen LogP contribution in [0.5, 0.6) is 0 Å². The first-order valence-corrected chi connectivity index (χ1v) is 8.09. The highest BCUT2D eigenvalue weighted by molar-refractivity contribution is 7.99. The lowest BCUT2D eigenvalue weighted by Gasteiger charge is -2.36. The van der Waals surface area contributed by atoms with Crippen molar-refractivity contribution in [2.24, 2.45) is 0 Å². The number of aromatic nitrogens is 1. The van der Waals surface area contributed by atoms with Gasteiger partial charge in [-0.15, -0.1) is 0 Å². The van der Waals surface area contributed by atoms with E-state index in [2.05, 4.69) is 10.5 Å². The molecule has 1 aromatic heterocycles. The molecule has 1 aromatic rings. The Morgan fingerprint density at radius 2 is 2.38 bits per heavy atom. The smallest absolute Gasteiger partial charge is 0.273 e. The Labute approximate surface area is 127 Å². The summed E-state index contributed by atoms with van der Waals surface area (Å²) in [6.07, 6.45) is 1.60. The lowest BCUT2D eigenvalue weighted by Crippen LogP contribution is -2.55. The van der Waals surface area contributed by atoms with Crippen LogP contribution in [0.1, 0.15) is 22.7 Å². The second-order valence-electron chi connectivity index (χ2n) is 5.03. The summed E-state index contributed by atoms with van der Waals surface area (Å²) in [5.74, 6) is 0.596. The van der Waals surface area contributed by atoms with Crippen molar-refractivity contribution in [3.63, 3.8) is 0 Å². The van der Waals surface area contributed by atoms with E-state index in [0.717, 1.165) is 0 Å². The van der Waals surface area contributed by atoms with E-state index in [1.54, 1.807) is 17.9 Å². The number of piperidine rings is 1. The largest absolute Gasteiger partial charge is 0.389 e. The normalized spacial score (nSPS) is 22.1. The topological polar surface area (TPSA) is 95.7 Å². The van der Waals surface area contributed by atoms with Crippen LogP contribution in [0.2, 0.25) is 0 Å². The van der Waals surface area contributed by atoms with Gasteiger partial charge in [-0.1, -0.05) is 5.16 Å². The zero-order chi connectivity index (χ0) is 15.4. The lowest BCUT2D eigenvalue weighted by atomic mass is 10.0. The van der Waals surface area contributed by atoms with Crippen LogP contribution in [0.3, 0.4) is 0 Å². The number of nitrogens with one attached hydrogen (secondary N) is 1. The maximum Gasteiger partial charge on any atom is 0.273 e. The minimum absolute atomic E-state index is 0.0125. The van der Waals surface area contributed by atoms with Gasteiger partial charge in [-0.25, -0.2) is 0 Å². The van der Waals surface area contributed by atoms with E-state index in [4.69, 9.17) is 4.52 Å². The number of aliphatic hydroxyl groups excluding tert-OH is 1. The lowest BCUT2D eigenvalue weighted by molar-refractivity contribution is -0.131. The molecule has 0 aromatic carbocycles. The molecule has 0 saturated carbocycles. The first kappa shape index (κ1) is 15.8. The molecule has 2 atom stereocenters. The van der Waals surface area contributed by atoms with Crippen molar-refractivity contribution in [1.82, 2.24) is 15.4 Å². The summed E-state index contributed by atoms with van der Waals surface area (Å²) in [5.41, 5.74) is 0.195. The predicted molar refractivity (Wildman–Crippen MR) is 78.1 cm³/mol. The van der Waals surface area contributed by atoms with Crippen LogP contribution in [0.4, 0.5) is 0 Å². The Morgan fingerprint density at radius 1 is 1.62 bits per heavy atom. The summed E-state index contributed by atoms with van der Waals surface area (Å²) in [4.78, 5) is 25.4. The Bertz CT molecular complexity index is 519. The number of amides is 2. The zero-order valence-corrected chi connectivity index (χ0v) is 12.9. The minimum Gasteiger partial charge on any atom is -0.389 e. The Kier molecular flexibility index (Phi) is 5.24. The number of rotatable bonds is 4. The second-order valence-corrected chi connectivity index (χ2v) is 5.90. The Morgan fingerprint density at radius 3 is 2.95 bits per heavy atom. The van der Waals surface area contributed by atoms with Gasteiger partial charge in [-0.3, -0.25) is 9.59 Å². The summed E-state index contributed by atoms with van der Waals surface area (Å²) in [5, 5.41) is 16.5. The monoisotopic (exact) mass is 313 g/mol. The first-order chi connectivity index (χ1) is 10.0. The number of carbonyl (C=O) groups is 2. The van der Waals surface area contributed by atoms with E-state index >= 15 is 0 Å². The molecular weight excluding hydrogens is 294 g/mol. The molecule has 2 N–H and O–H groups in total. The molecule has 2 amide bonds. The number of likely N-dealkylation sites (tertiary alicyclic amines) is 1. The zero-order valence-electron chi connectivity index (χ0n) is 12.0. The fourth-order valence-corrected chi connectivity index (χ4v) is 2.69. The van der Waals surface area contributed by atoms with E-state index in [-0.39, 0.29) is 30.1 Å². The summed E-state index contributed by atoms with van der Waals surface area (Å²) < 4.78 is 4.85. The molecule has 2 heterocycles. The Balaban J connectivity index is 1.89. The van der Waals surface area contributed by atoms with Crippen LogP contribution < -0.4 is 5.32 Å². The number of β-amino-alcohol motifs (C(OH)–C–C–N with tert-alkyl or cyclic N) is 1. The first-order valence-electron chi connectivity index (χ1n) is 6.70. The van der Waals surface area contributed by atoms with Crippen molar-refractivity contribution in [3.8, 4) is 0 Å². The average Bonchev–Trinajstić information content (AvgIpc) is 2.88. The van der Waals surface area contributed by atoms with Gasteiger partial charge in [0.25, 0.3) is 5.91 Å². The molecule has 1 saturated heterocycles. The SMILES string of the molecule is CSCC(=O)N1CC[C@@H](NC(=O)c2cc(C)on2)[C@H](O)C1. The van der Waals surface area contributed by atoms with Gasteiger partial charge in [-0.2, -0.15) is 11.8 Å². The van der Waals surface area contributed by atoms with Gasteiger partial charge in [0.1, 0.15) is 5.76 Å². The highest BCUT2D eigenvalue weighted by Gasteiger charge is 2.31. The maximum atomic E-state index is 12.0. The van der Waals surface area contributed by atoms with E-state index in [1.165, 1.54) is 11.8 Å². The standard InChI is InChI=1S/C13H19N3O4S/c1-8-5-10(15-20-8)13(19)14-9-3-4-16(6-11(9)17)12(18)7-21-2/h5,9,11,17H,3-4,6-7H2,1-2H3,(H,14,19)/t9-,11-/m1/s1. The summed E-state index contributed by atoms with van der Waals surface area (Å²) in [7, 11) is 0. The van der Waals surface area contributed by atoms with Crippen molar-refractivity contribution in [2.45, 2.75) is 25.5 Å². The number of carbonyl (C=O) groups excluding carboxylic acids is 2. The molecular formula is C13H19N3O4S. The third-order valence-electron chi connectivity index (χ3n) is 3.38. The molecule has 1 aliphatic rings. The average molecular weight is 313 g/mol. The number of aryl methyl sites for hydroxylation is 1. The van der Waals surface area contributed by atoms with Crippen LogP contribution >= 0.6 is 11.8 Å². The van der Waals surface area contributed by atoms with E-state index in [0.29, 0.717) is 24.5 Å². The van der Waals surface area contributed by atoms with Crippen LogP contribution in [0, 0.1) is 6.92 Å². The molecule has 0 radical (unpaired) electrons. The van der Waals surface area contributed by atoms with Gasteiger partial charge < -0.3 is 19.8 Å². The number of nitrogens with zero attached hydrogens (tertiary/aromatic N) is 2. The van der Waals surface area contributed by atoms with E-state index in [9.17, 15) is 14.7 Å². The van der Waals surface area contributed by atoms with Crippen LogP contribution in [-0.4, -0.2) is 64.2 Å². The maximum absolute atomic E-state index is 12.0. The molecule has 116 valence electrons. The Hall–Kier alpha value is -1.54. The summed E-state index contributed by atoms with van der Waals surface area (Å²) in [6.45, 7) is 2.47. The minimum atomic E-state index is -0.776. The quantitative estimate of drug-likeness (QED) is 0.815. The molecule has 0 bridgehead atoms. The summed E-state index contributed by atoms with van der Waals surface area (Å²) >= 11 is 1.45. The van der Waals surface area contributed by atoms with Gasteiger partial charge in [0.2, 0.25) is 5.91 Å². The molecule has 1 fully saturated rings. The third-order valence-corrected chi connectivity index (χ3v) is 3.92. The van der Waals surface area contributed by atoms with Gasteiger partial charge in [0.15, 0.2) is 5.69 Å². The molecule has 0 unspecified atom stereocenters. The van der Waals surface area contributed by atoms with Crippen molar-refractivity contribution in [3.05, 3.63) is 17.5 Å².